The van der Waals surface area contributed by atoms with Crippen LogP contribution >= 0.6 is 0 Å². The zero-order valence-corrected chi connectivity index (χ0v) is 15.4. The van der Waals surface area contributed by atoms with Crippen molar-refractivity contribution in [1.29, 1.82) is 0 Å². The molecule has 0 amide bonds. The molecule has 0 saturated carbocycles. The summed E-state index contributed by atoms with van der Waals surface area (Å²) in [6.07, 6.45) is 9.39. The van der Waals surface area contributed by atoms with E-state index in [4.69, 9.17) is 0 Å². The van der Waals surface area contributed by atoms with Crippen molar-refractivity contribution in [3.05, 3.63) is 69.4 Å². The fraction of sp³-hybridized carbons (Fsp3) is 0.400. The number of nitrogens with one attached hydrogen (secondary N) is 1. The lowest BCUT2D eigenvalue weighted by Gasteiger charge is -2.28. The molecule has 0 fully saturated rings. The van der Waals surface area contributed by atoms with Gasteiger partial charge in [0.1, 0.15) is 0 Å². The van der Waals surface area contributed by atoms with Crippen LogP contribution < -0.4 is 5.56 Å². The average molecular weight is 351 g/mol. The Kier molecular flexibility index (Phi) is 4.51. The van der Waals surface area contributed by atoms with E-state index in [2.05, 4.69) is 46.1 Å². The highest BCUT2D eigenvalue weighted by atomic mass is 16.1. The number of aromatic amines is 1. The summed E-state index contributed by atoms with van der Waals surface area (Å²) in [7, 11) is 4.20. The van der Waals surface area contributed by atoms with Crippen LogP contribution in [-0.4, -0.2) is 51.7 Å². The van der Waals surface area contributed by atoms with E-state index in [-0.39, 0.29) is 5.56 Å². The molecule has 26 heavy (non-hydrogen) atoms. The first-order valence-corrected chi connectivity index (χ1v) is 9.15. The molecule has 0 aromatic carbocycles. The van der Waals surface area contributed by atoms with E-state index in [0.29, 0.717) is 12.4 Å². The van der Waals surface area contributed by atoms with Crippen LogP contribution in [0.25, 0.3) is 5.82 Å². The summed E-state index contributed by atoms with van der Waals surface area (Å²) in [6.45, 7) is 2.54. The highest BCUT2D eigenvalue weighted by molar-refractivity contribution is 5.31. The standard InChI is InChI=1S/C20H25N5O/c1-23(2)16-7-5-6-15(12-16)13-24-11-9-18-17(14-24)20(26)25(22-18)19-8-3-4-10-21-19/h3-4,6,8,10,12,22H,5,7,9,11,13-14H2,1-2H3. The second-order valence-electron chi connectivity index (χ2n) is 7.21. The fourth-order valence-electron chi connectivity index (χ4n) is 3.71. The van der Waals surface area contributed by atoms with Crippen molar-refractivity contribution in [2.75, 3.05) is 27.2 Å². The number of aromatic nitrogens is 3. The molecule has 136 valence electrons. The van der Waals surface area contributed by atoms with E-state index in [0.717, 1.165) is 43.6 Å². The molecule has 2 aromatic rings. The van der Waals surface area contributed by atoms with Crippen LogP contribution in [0.2, 0.25) is 0 Å². The molecule has 0 spiro atoms. The first kappa shape index (κ1) is 16.8. The number of nitrogens with zero attached hydrogens (tertiary/aromatic N) is 4. The quantitative estimate of drug-likeness (QED) is 0.916. The van der Waals surface area contributed by atoms with Gasteiger partial charge < -0.3 is 4.90 Å². The van der Waals surface area contributed by atoms with Crippen LogP contribution in [0, 0.1) is 0 Å². The zero-order valence-electron chi connectivity index (χ0n) is 15.4. The molecule has 6 heteroatoms. The van der Waals surface area contributed by atoms with Crippen LogP contribution in [-0.2, 0) is 13.0 Å². The maximum Gasteiger partial charge on any atom is 0.277 e. The van der Waals surface area contributed by atoms with Gasteiger partial charge in [-0.2, -0.15) is 0 Å². The third kappa shape index (κ3) is 3.24. The Bertz CT molecular complexity index is 904. The second-order valence-corrected chi connectivity index (χ2v) is 7.21. The number of allylic oxidation sites excluding steroid dienone is 2. The third-order valence-electron chi connectivity index (χ3n) is 5.15. The molecule has 1 N–H and O–H groups in total. The van der Waals surface area contributed by atoms with E-state index in [1.807, 2.05) is 18.2 Å². The van der Waals surface area contributed by atoms with E-state index >= 15 is 0 Å². The summed E-state index contributed by atoms with van der Waals surface area (Å²) in [6, 6.07) is 5.60. The monoisotopic (exact) mass is 351 g/mol. The van der Waals surface area contributed by atoms with Crippen LogP contribution in [0.1, 0.15) is 24.1 Å². The summed E-state index contributed by atoms with van der Waals surface area (Å²) >= 11 is 0. The Hall–Kier alpha value is -2.60. The molecular formula is C20H25N5O. The number of H-pyrrole nitrogens is 1. The number of hydrogen-bond acceptors (Lipinski definition) is 4. The smallest absolute Gasteiger partial charge is 0.277 e. The molecule has 4 rings (SSSR count). The highest BCUT2D eigenvalue weighted by Crippen LogP contribution is 2.22. The van der Waals surface area contributed by atoms with Crippen molar-refractivity contribution in [2.45, 2.75) is 25.8 Å². The Morgan fingerprint density at radius 3 is 2.92 bits per heavy atom. The van der Waals surface area contributed by atoms with E-state index in [9.17, 15) is 4.79 Å². The molecule has 2 aromatic heterocycles. The molecule has 0 bridgehead atoms. The first-order chi connectivity index (χ1) is 12.6. The third-order valence-corrected chi connectivity index (χ3v) is 5.15. The molecule has 0 atom stereocenters. The Labute approximate surface area is 153 Å². The Morgan fingerprint density at radius 1 is 1.27 bits per heavy atom. The molecule has 1 aliphatic heterocycles. The summed E-state index contributed by atoms with van der Waals surface area (Å²) in [5.41, 5.74) is 4.66. The Morgan fingerprint density at radius 2 is 2.15 bits per heavy atom. The largest absolute Gasteiger partial charge is 0.381 e. The molecular weight excluding hydrogens is 326 g/mol. The van der Waals surface area contributed by atoms with Crippen LogP contribution in [0.3, 0.4) is 0 Å². The summed E-state index contributed by atoms with van der Waals surface area (Å²) < 4.78 is 1.57. The molecule has 6 nitrogen and oxygen atoms in total. The summed E-state index contributed by atoms with van der Waals surface area (Å²) in [5.74, 6) is 0.645. The van der Waals surface area contributed by atoms with E-state index in [1.165, 1.54) is 11.3 Å². The van der Waals surface area contributed by atoms with Gasteiger partial charge in [-0.05, 0) is 36.6 Å². The fourth-order valence-corrected chi connectivity index (χ4v) is 3.71. The predicted octanol–water partition coefficient (Wildman–Crippen LogP) is 2.08. The van der Waals surface area contributed by atoms with Gasteiger partial charge in [0.15, 0.2) is 5.82 Å². The van der Waals surface area contributed by atoms with E-state index < -0.39 is 0 Å². The molecule has 2 aliphatic rings. The lowest BCUT2D eigenvalue weighted by molar-refractivity contribution is 0.275. The van der Waals surface area contributed by atoms with Gasteiger partial charge in [0.05, 0.1) is 5.56 Å². The minimum atomic E-state index is 0.0190. The highest BCUT2D eigenvalue weighted by Gasteiger charge is 2.24. The maximum atomic E-state index is 12.8. The van der Waals surface area contributed by atoms with Crippen molar-refractivity contribution in [3.8, 4) is 5.82 Å². The van der Waals surface area contributed by atoms with Gasteiger partial charge in [-0.3, -0.25) is 14.8 Å². The minimum absolute atomic E-state index is 0.0190. The van der Waals surface area contributed by atoms with Gasteiger partial charge in [-0.25, -0.2) is 9.67 Å². The number of fused-ring (bicyclic) bond motifs is 1. The van der Waals surface area contributed by atoms with Gasteiger partial charge in [0.2, 0.25) is 0 Å². The second kappa shape index (κ2) is 6.96. The SMILES string of the molecule is CN(C)C1=CC(CN2CCc3[nH]n(-c4ccccn4)c(=O)c3C2)=CCC1. The van der Waals surface area contributed by atoms with E-state index in [1.54, 1.807) is 10.9 Å². The van der Waals surface area contributed by atoms with Crippen LogP contribution in [0.4, 0.5) is 0 Å². The zero-order chi connectivity index (χ0) is 18.1. The topological polar surface area (TPSA) is 57.2 Å². The van der Waals surface area contributed by atoms with Crippen molar-refractivity contribution in [3.63, 3.8) is 0 Å². The number of pyridine rings is 1. The minimum Gasteiger partial charge on any atom is -0.381 e. The number of hydrogen-bond donors (Lipinski definition) is 1. The average Bonchev–Trinajstić information content (AvgIpc) is 2.99. The normalized spacial score (nSPS) is 17.5. The molecule has 1 aliphatic carbocycles. The summed E-state index contributed by atoms with van der Waals surface area (Å²) in [4.78, 5) is 21.7. The van der Waals surface area contributed by atoms with Gasteiger partial charge >= 0.3 is 0 Å². The molecule has 0 saturated heterocycles. The van der Waals surface area contributed by atoms with Crippen molar-refractivity contribution in [2.24, 2.45) is 0 Å². The number of rotatable bonds is 4. The van der Waals surface area contributed by atoms with Gasteiger partial charge in [0, 0.05) is 57.7 Å². The van der Waals surface area contributed by atoms with Crippen LogP contribution in [0.5, 0.6) is 0 Å². The lowest BCUT2D eigenvalue weighted by atomic mass is 10.0. The Balaban J connectivity index is 1.53. The maximum absolute atomic E-state index is 12.8. The van der Waals surface area contributed by atoms with Gasteiger partial charge in [-0.15, -0.1) is 0 Å². The van der Waals surface area contributed by atoms with Crippen molar-refractivity contribution < 1.29 is 0 Å². The van der Waals surface area contributed by atoms with Gasteiger partial charge in [-0.1, -0.05) is 12.1 Å². The summed E-state index contributed by atoms with van der Waals surface area (Å²) in [5, 5.41) is 3.25. The molecule has 3 heterocycles. The van der Waals surface area contributed by atoms with Crippen molar-refractivity contribution >= 4 is 0 Å². The lowest BCUT2D eigenvalue weighted by Crippen LogP contribution is -2.34. The van der Waals surface area contributed by atoms with Gasteiger partial charge in [0.25, 0.3) is 5.56 Å². The molecule has 0 unspecified atom stereocenters. The van der Waals surface area contributed by atoms with Crippen molar-refractivity contribution in [1.82, 2.24) is 24.6 Å². The first-order valence-electron chi connectivity index (χ1n) is 9.15. The van der Waals surface area contributed by atoms with Crippen LogP contribution in [0.15, 0.2) is 52.6 Å². The molecule has 0 radical (unpaired) electrons. The predicted molar refractivity (Wildman–Crippen MR) is 102 cm³/mol.